The molecule has 2 rings (SSSR count). The molecule has 0 spiro atoms. The van der Waals surface area contributed by atoms with E-state index in [1.165, 1.54) is 6.26 Å². The number of carbonyl (C=O) groups is 1. The normalized spacial score (nSPS) is 17.4. The summed E-state index contributed by atoms with van der Waals surface area (Å²) >= 11 is 0. The molecule has 7 heteroatoms. The number of amides is 1. The van der Waals surface area contributed by atoms with E-state index in [-0.39, 0.29) is 12.0 Å². The van der Waals surface area contributed by atoms with Gasteiger partial charge in [0, 0.05) is 46.3 Å². The van der Waals surface area contributed by atoms with Crippen LogP contribution < -0.4 is 0 Å². The number of β-amino-alcohol motifs (C(OH)–C–C–N with tert-alkyl or cyclic N) is 1. The molecule has 1 unspecified atom stereocenters. The summed E-state index contributed by atoms with van der Waals surface area (Å²) in [5.41, 5.74) is 0.364. The van der Waals surface area contributed by atoms with Gasteiger partial charge in [-0.15, -0.1) is 6.58 Å². The Morgan fingerprint density at radius 3 is 2.76 bits per heavy atom. The number of aromatic nitrogens is 1. The molecule has 0 radical (unpaired) electrons. The van der Waals surface area contributed by atoms with Crippen molar-refractivity contribution in [2.45, 2.75) is 32.4 Å². The van der Waals surface area contributed by atoms with Crippen molar-refractivity contribution in [3.8, 4) is 0 Å². The van der Waals surface area contributed by atoms with E-state index >= 15 is 0 Å². The Morgan fingerprint density at radius 1 is 1.44 bits per heavy atom. The van der Waals surface area contributed by atoms with Crippen molar-refractivity contribution in [1.29, 1.82) is 0 Å². The molecule has 7 nitrogen and oxygen atoms in total. The number of aliphatic hydroxyl groups excluding tert-OH is 1. The number of oxazole rings is 1. The highest BCUT2D eigenvalue weighted by atomic mass is 16.3. The fourth-order valence-electron chi connectivity index (χ4n) is 2.84. The lowest BCUT2D eigenvalue weighted by Crippen LogP contribution is -2.48. The zero-order chi connectivity index (χ0) is 18.2. The van der Waals surface area contributed by atoms with E-state index in [0.29, 0.717) is 31.2 Å². The summed E-state index contributed by atoms with van der Waals surface area (Å²) in [5.74, 6) is 0.461. The van der Waals surface area contributed by atoms with Crippen molar-refractivity contribution in [2.24, 2.45) is 0 Å². The van der Waals surface area contributed by atoms with Crippen molar-refractivity contribution in [3.63, 3.8) is 0 Å². The predicted molar refractivity (Wildman–Crippen MR) is 96.3 cm³/mol. The minimum Gasteiger partial charge on any atom is -0.447 e. The molecule has 1 aromatic heterocycles. The first kappa shape index (κ1) is 19.6. The molecule has 1 amide bonds. The van der Waals surface area contributed by atoms with E-state index in [2.05, 4.69) is 21.4 Å². The molecular formula is C18H30N4O3. The number of rotatable bonds is 9. The number of allylic oxidation sites excluding steroid dienone is 1. The monoisotopic (exact) mass is 350 g/mol. The van der Waals surface area contributed by atoms with Crippen LogP contribution in [0.2, 0.25) is 0 Å². The van der Waals surface area contributed by atoms with E-state index in [4.69, 9.17) is 4.42 Å². The van der Waals surface area contributed by atoms with Gasteiger partial charge >= 0.3 is 0 Å². The standard InChI is InChI=1S/C18H30N4O3/c1-4-6-7-15(23)12-21-8-10-22(11-9-21)13-17-19-16(14-25-17)18(24)20(3)5-2/h4,14-15,23H,1,5-13H2,2-3H3. The van der Waals surface area contributed by atoms with E-state index in [1.54, 1.807) is 11.9 Å². The molecule has 1 aliphatic rings. The maximum Gasteiger partial charge on any atom is 0.275 e. The van der Waals surface area contributed by atoms with Gasteiger partial charge in [0.1, 0.15) is 6.26 Å². The van der Waals surface area contributed by atoms with Crippen molar-refractivity contribution in [2.75, 3.05) is 46.3 Å². The molecule has 0 aromatic carbocycles. The number of aliphatic hydroxyl groups is 1. The second-order valence-corrected chi connectivity index (χ2v) is 6.54. The maximum absolute atomic E-state index is 12.1. The number of nitrogens with zero attached hydrogens (tertiary/aromatic N) is 4. The quantitative estimate of drug-likeness (QED) is 0.675. The summed E-state index contributed by atoms with van der Waals surface area (Å²) in [5, 5.41) is 9.99. The van der Waals surface area contributed by atoms with Gasteiger partial charge in [0.15, 0.2) is 5.69 Å². The average Bonchev–Trinajstić information content (AvgIpc) is 3.08. The van der Waals surface area contributed by atoms with Crippen LogP contribution >= 0.6 is 0 Å². The van der Waals surface area contributed by atoms with Gasteiger partial charge in [-0.05, 0) is 19.8 Å². The van der Waals surface area contributed by atoms with Crippen LogP contribution in [-0.4, -0.2) is 83.1 Å². The summed E-state index contributed by atoms with van der Waals surface area (Å²) in [6, 6.07) is 0. The number of carbonyl (C=O) groups excluding carboxylic acids is 1. The average molecular weight is 350 g/mol. The van der Waals surface area contributed by atoms with Gasteiger partial charge < -0.3 is 14.4 Å². The van der Waals surface area contributed by atoms with Crippen molar-refractivity contribution in [3.05, 3.63) is 30.5 Å². The molecule has 1 aliphatic heterocycles. The van der Waals surface area contributed by atoms with Gasteiger partial charge in [-0.25, -0.2) is 4.98 Å². The van der Waals surface area contributed by atoms with E-state index in [0.717, 1.165) is 39.0 Å². The molecule has 1 fully saturated rings. The molecule has 1 N–H and O–H groups in total. The molecular weight excluding hydrogens is 320 g/mol. The molecule has 25 heavy (non-hydrogen) atoms. The lowest BCUT2D eigenvalue weighted by molar-refractivity contribution is 0.0642. The first-order valence-electron chi connectivity index (χ1n) is 8.97. The molecule has 1 saturated heterocycles. The molecule has 2 heterocycles. The van der Waals surface area contributed by atoms with Crippen LogP contribution in [0.5, 0.6) is 0 Å². The molecule has 140 valence electrons. The third-order valence-electron chi connectivity index (χ3n) is 4.59. The first-order chi connectivity index (χ1) is 12.0. The summed E-state index contributed by atoms with van der Waals surface area (Å²) in [6.45, 7) is 11.2. The summed E-state index contributed by atoms with van der Waals surface area (Å²) in [4.78, 5) is 22.5. The lowest BCUT2D eigenvalue weighted by Gasteiger charge is -2.34. The molecule has 0 aliphatic carbocycles. The molecule has 0 bridgehead atoms. The minimum atomic E-state index is -0.291. The smallest absolute Gasteiger partial charge is 0.275 e. The Morgan fingerprint density at radius 2 is 2.12 bits per heavy atom. The third kappa shape index (κ3) is 5.95. The van der Waals surface area contributed by atoms with Gasteiger partial charge in [-0.2, -0.15) is 0 Å². The second kappa shape index (κ2) is 9.70. The fourth-order valence-corrected chi connectivity index (χ4v) is 2.84. The summed E-state index contributed by atoms with van der Waals surface area (Å²) in [7, 11) is 1.75. The zero-order valence-electron chi connectivity index (χ0n) is 15.4. The predicted octanol–water partition coefficient (Wildman–Crippen LogP) is 1.21. The number of hydrogen-bond donors (Lipinski definition) is 1. The van der Waals surface area contributed by atoms with Crippen LogP contribution in [0.25, 0.3) is 0 Å². The fraction of sp³-hybridized carbons (Fsp3) is 0.667. The van der Waals surface area contributed by atoms with Gasteiger partial charge in [0.05, 0.1) is 12.6 Å². The Bertz CT molecular complexity index is 552. The summed E-state index contributed by atoms with van der Waals surface area (Å²) in [6.07, 6.45) is 4.60. The van der Waals surface area contributed by atoms with Crippen molar-refractivity contribution < 1.29 is 14.3 Å². The van der Waals surface area contributed by atoms with Crippen LogP contribution in [-0.2, 0) is 6.54 Å². The Balaban J connectivity index is 1.76. The molecule has 1 atom stereocenters. The van der Waals surface area contributed by atoms with Crippen LogP contribution in [0.4, 0.5) is 0 Å². The number of hydrogen-bond acceptors (Lipinski definition) is 6. The van der Waals surface area contributed by atoms with Crippen LogP contribution in [0, 0.1) is 0 Å². The highest BCUT2D eigenvalue weighted by molar-refractivity contribution is 5.91. The zero-order valence-corrected chi connectivity index (χ0v) is 15.4. The van der Waals surface area contributed by atoms with Gasteiger partial charge in [0.2, 0.25) is 5.89 Å². The summed E-state index contributed by atoms with van der Waals surface area (Å²) < 4.78 is 5.46. The Kier molecular flexibility index (Phi) is 7.61. The topological polar surface area (TPSA) is 73.1 Å². The van der Waals surface area contributed by atoms with Crippen molar-refractivity contribution in [1.82, 2.24) is 19.7 Å². The van der Waals surface area contributed by atoms with E-state index < -0.39 is 0 Å². The Labute approximate surface area is 149 Å². The van der Waals surface area contributed by atoms with E-state index in [9.17, 15) is 9.90 Å². The highest BCUT2D eigenvalue weighted by Gasteiger charge is 2.21. The van der Waals surface area contributed by atoms with Gasteiger partial charge in [-0.3, -0.25) is 14.6 Å². The molecule has 0 saturated carbocycles. The third-order valence-corrected chi connectivity index (χ3v) is 4.59. The SMILES string of the molecule is C=CCCC(O)CN1CCN(Cc2nc(C(=O)N(C)CC)co2)CC1. The number of piperazine rings is 1. The minimum absolute atomic E-state index is 0.115. The molecule has 1 aromatic rings. The van der Waals surface area contributed by atoms with Gasteiger partial charge in [0.25, 0.3) is 5.91 Å². The Hall–Kier alpha value is -1.70. The largest absolute Gasteiger partial charge is 0.447 e. The van der Waals surface area contributed by atoms with Crippen LogP contribution in [0.3, 0.4) is 0 Å². The van der Waals surface area contributed by atoms with Crippen molar-refractivity contribution >= 4 is 5.91 Å². The maximum atomic E-state index is 12.1. The van der Waals surface area contributed by atoms with Gasteiger partial charge in [-0.1, -0.05) is 6.08 Å². The van der Waals surface area contributed by atoms with Crippen LogP contribution in [0.15, 0.2) is 23.3 Å². The van der Waals surface area contributed by atoms with E-state index in [1.807, 2.05) is 13.0 Å². The second-order valence-electron chi connectivity index (χ2n) is 6.54. The lowest BCUT2D eigenvalue weighted by atomic mass is 10.1. The van der Waals surface area contributed by atoms with Crippen LogP contribution in [0.1, 0.15) is 36.1 Å². The first-order valence-corrected chi connectivity index (χ1v) is 8.97. The highest BCUT2D eigenvalue weighted by Crippen LogP contribution is 2.11.